The van der Waals surface area contributed by atoms with Crippen molar-refractivity contribution < 1.29 is 19.4 Å². The van der Waals surface area contributed by atoms with Crippen molar-refractivity contribution in [2.75, 3.05) is 19.4 Å². The second-order valence-electron chi connectivity index (χ2n) is 6.13. The Kier molecular flexibility index (Phi) is 5.56. The molecular formula is C19H19N3O4S. The van der Waals surface area contributed by atoms with Gasteiger partial charge in [-0.25, -0.2) is 14.6 Å². The monoisotopic (exact) mass is 385 g/mol. The third kappa shape index (κ3) is 4.73. The molecule has 3 aromatic rings. The van der Waals surface area contributed by atoms with Crippen LogP contribution in [0.2, 0.25) is 0 Å². The molecular weight excluding hydrogens is 366 g/mol. The second kappa shape index (κ2) is 8.05. The quantitative estimate of drug-likeness (QED) is 0.675. The van der Waals surface area contributed by atoms with Gasteiger partial charge in [0.2, 0.25) is 0 Å². The fourth-order valence-corrected chi connectivity index (χ4v) is 3.32. The van der Waals surface area contributed by atoms with E-state index in [4.69, 9.17) is 4.74 Å². The van der Waals surface area contributed by atoms with Gasteiger partial charge in [-0.15, -0.1) is 0 Å². The Hall–Kier alpha value is -3.13. The maximum absolute atomic E-state index is 11.7. The fourth-order valence-electron chi connectivity index (χ4n) is 2.40. The van der Waals surface area contributed by atoms with E-state index in [-0.39, 0.29) is 6.42 Å². The van der Waals surface area contributed by atoms with Crippen molar-refractivity contribution in [3.8, 4) is 5.75 Å². The topological polar surface area (TPSA) is 91.8 Å². The van der Waals surface area contributed by atoms with E-state index in [1.165, 1.54) is 16.2 Å². The largest absolute Gasteiger partial charge is 0.480 e. The van der Waals surface area contributed by atoms with E-state index in [1.807, 2.05) is 24.3 Å². The molecule has 0 aliphatic heterocycles. The van der Waals surface area contributed by atoms with E-state index in [9.17, 15) is 14.7 Å². The molecule has 0 spiro atoms. The van der Waals surface area contributed by atoms with Gasteiger partial charge in [-0.2, -0.15) is 0 Å². The van der Waals surface area contributed by atoms with Crippen LogP contribution in [0.1, 0.15) is 5.56 Å². The fraction of sp³-hybridized carbons (Fsp3) is 0.211. The number of nitrogens with zero attached hydrogens (tertiary/aromatic N) is 2. The molecule has 1 amide bonds. The molecule has 0 unspecified atom stereocenters. The van der Waals surface area contributed by atoms with Gasteiger partial charge in [-0.1, -0.05) is 35.6 Å². The Morgan fingerprint density at radius 1 is 1.19 bits per heavy atom. The molecule has 0 aliphatic rings. The van der Waals surface area contributed by atoms with E-state index in [2.05, 4.69) is 10.3 Å². The summed E-state index contributed by atoms with van der Waals surface area (Å²) in [6.45, 7) is 0. The summed E-state index contributed by atoms with van der Waals surface area (Å²) < 4.78 is 6.16. The first kappa shape index (κ1) is 18.7. The molecule has 7 nitrogen and oxygen atoms in total. The van der Waals surface area contributed by atoms with Crippen molar-refractivity contribution in [3.05, 3.63) is 54.1 Å². The van der Waals surface area contributed by atoms with Crippen molar-refractivity contribution >= 4 is 38.7 Å². The number of carbonyl (C=O) groups is 2. The molecule has 27 heavy (non-hydrogen) atoms. The lowest BCUT2D eigenvalue weighted by Gasteiger charge is -2.14. The number of carbonyl (C=O) groups excluding carboxylic acids is 1. The Labute approximate surface area is 160 Å². The molecule has 2 aromatic carbocycles. The highest BCUT2D eigenvalue weighted by Gasteiger charge is 2.19. The third-order valence-corrected chi connectivity index (χ3v) is 4.79. The van der Waals surface area contributed by atoms with Crippen molar-refractivity contribution in [2.24, 2.45) is 0 Å². The summed E-state index contributed by atoms with van der Waals surface area (Å²) in [5, 5.41) is 13.1. The number of anilines is 1. The number of amides is 1. The lowest BCUT2D eigenvalue weighted by atomic mass is 10.1. The van der Waals surface area contributed by atoms with Crippen molar-refractivity contribution in [1.82, 2.24) is 9.88 Å². The number of carboxylic acid groups (broad SMARTS) is 1. The van der Waals surface area contributed by atoms with Gasteiger partial charge in [0.25, 0.3) is 0 Å². The van der Waals surface area contributed by atoms with Crippen LogP contribution in [-0.4, -0.2) is 47.2 Å². The molecule has 1 aromatic heterocycles. The van der Waals surface area contributed by atoms with Crippen LogP contribution in [0.3, 0.4) is 0 Å². The molecule has 140 valence electrons. The summed E-state index contributed by atoms with van der Waals surface area (Å²) in [4.78, 5) is 29.0. The zero-order chi connectivity index (χ0) is 19.4. The molecule has 1 atom stereocenters. The SMILES string of the molecule is CN(C)C(=O)Oc1ccc(C[C@H](Nc2nc3ccccc3s2)C(=O)O)cc1. The number of nitrogens with one attached hydrogen (secondary N) is 1. The van der Waals surface area contributed by atoms with Crippen LogP contribution in [0.25, 0.3) is 10.2 Å². The average molecular weight is 385 g/mol. The van der Waals surface area contributed by atoms with Gasteiger partial charge in [-0.05, 0) is 29.8 Å². The van der Waals surface area contributed by atoms with Gasteiger partial charge in [0, 0.05) is 20.5 Å². The number of thiazole rings is 1. The summed E-state index contributed by atoms with van der Waals surface area (Å²) >= 11 is 1.42. The van der Waals surface area contributed by atoms with E-state index >= 15 is 0 Å². The van der Waals surface area contributed by atoms with Crippen molar-refractivity contribution in [3.63, 3.8) is 0 Å². The van der Waals surface area contributed by atoms with Gasteiger partial charge in [-0.3, -0.25) is 0 Å². The Morgan fingerprint density at radius 2 is 1.89 bits per heavy atom. The molecule has 0 fully saturated rings. The minimum absolute atomic E-state index is 0.271. The summed E-state index contributed by atoms with van der Waals surface area (Å²) in [6.07, 6.45) is -0.198. The highest BCUT2D eigenvalue weighted by Crippen LogP contribution is 2.26. The molecule has 3 rings (SSSR count). The summed E-state index contributed by atoms with van der Waals surface area (Å²) in [5.74, 6) is -0.555. The number of fused-ring (bicyclic) bond motifs is 1. The molecule has 8 heteroatoms. The first-order valence-corrected chi connectivity index (χ1v) is 9.07. The number of aromatic nitrogens is 1. The van der Waals surface area contributed by atoms with Crippen LogP contribution in [0, 0.1) is 0 Å². The minimum Gasteiger partial charge on any atom is -0.480 e. The third-order valence-electron chi connectivity index (χ3n) is 3.82. The van der Waals surface area contributed by atoms with Gasteiger partial charge in [0.05, 0.1) is 10.2 Å². The first-order chi connectivity index (χ1) is 12.9. The van der Waals surface area contributed by atoms with Crippen molar-refractivity contribution in [1.29, 1.82) is 0 Å². The number of ether oxygens (including phenoxy) is 1. The lowest BCUT2D eigenvalue weighted by Crippen LogP contribution is -2.31. The van der Waals surface area contributed by atoms with Gasteiger partial charge in [0.1, 0.15) is 11.8 Å². The second-order valence-corrected chi connectivity index (χ2v) is 7.16. The van der Waals surface area contributed by atoms with E-state index in [0.717, 1.165) is 15.8 Å². The highest BCUT2D eigenvalue weighted by molar-refractivity contribution is 7.22. The van der Waals surface area contributed by atoms with Crippen LogP contribution in [0.4, 0.5) is 9.93 Å². The zero-order valence-electron chi connectivity index (χ0n) is 14.9. The number of aliphatic carboxylic acids is 1. The summed E-state index contributed by atoms with van der Waals surface area (Å²) in [5.41, 5.74) is 1.64. The van der Waals surface area contributed by atoms with Gasteiger partial charge in [0.15, 0.2) is 5.13 Å². The number of carboxylic acids is 1. The van der Waals surface area contributed by atoms with E-state index < -0.39 is 18.1 Å². The van der Waals surface area contributed by atoms with Crippen LogP contribution < -0.4 is 10.1 Å². The molecule has 0 bridgehead atoms. The van der Waals surface area contributed by atoms with E-state index in [0.29, 0.717) is 10.9 Å². The lowest BCUT2D eigenvalue weighted by molar-refractivity contribution is -0.137. The van der Waals surface area contributed by atoms with Gasteiger partial charge < -0.3 is 20.1 Å². The number of hydrogen-bond acceptors (Lipinski definition) is 6. The van der Waals surface area contributed by atoms with Crippen LogP contribution in [0.15, 0.2) is 48.5 Å². The molecule has 1 heterocycles. The average Bonchev–Trinajstić information content (AvgIpc) is 3.05. The predicted molar refractivity (Wildman–Crippen MR) is 105 cm³/mol. The minimum atomic E-state index is -0.961. The van der Waals surface area contributed by atoms with Crippen LogP contribution >= 0.6 is 11.3 Å². The van der Waals surface area contributed by atoms with Crippen molar-refractivity contribution in [2.45, 2.75) is 12.5 Å². The summed E-state index contributed by atoms with van der Waals surface area (Å²) in [6, 6.07) is 13.6. The smallest absolute Gasteiger partial charge is 0.414 e. The summed E-state index contributed by atoms with van der Waals surface area (Å²) in [7, 11) is 3.20. The maximum Gasteiger partial charge on any atom is 0.414 e. The Morgan fingerprint density at radius 3 is 2.52 bits per heavy atom. The van der Waals surface area contributed by atoms with Crippen LogP contribution in [-0.2, 0) is 11.2 Å². The van der Waals surface area contributed by atoms with Crippen LogP contribution in [0.5, 0.6) is 5.75 Å². The predicted octanol–water partition coefficient (Wildman–Crippen LogP) is 3.46. The molecule has 2 N–H and O–H groups in total. The Balaban J connectivity index is 1.69. The number of rotatable bonds is 6. The molecule has 0 radical (unpaired) electrons. The number of hydrogen-bond donors (Lipinski definition) is 2. The first-order valence-electron chi connectivity index (χ1n) is 8.25. The molecule has 0 saturated carbocycles. The zero-order valence-corrected chi connectivity index (χ0v) is 15.7. The van der Waals surface area contributed by atoms with E-state index in [1.54, 1.807) is 38.4 Å². The Bertz CT molecular complexity index is 920. The molecule has 0 saturated heterocycles. The highest BCUT2D eigenvalue weighted by atomic mass is 32.1. The molecule has 0 aliphatic carbocycles. The maximum atomic E-state index is 11.7. The van der Waals surface area contributed by atoms with Gasteiger partial charge >= 0.3 is 12.1 Å². The normalized spacial score (nSPS) is 11.8. The number of benzene rings is 2. The standard InChI is InChI=1S/C19H19N3O4S/c1-22(2)19(25)26-13-9-7-12(8-10-13)11-15(17(23)24)21-18-20-14-5-3-4-6-16(14)27-18/h3-10,15H,11H2,1-2H3,(H,20,21)(H,23,24)/t15-/m0/s1. The number of para-hydroxylation sites is 1.